The Bertz CT molecular complexity index is 824. The standard InChI is InChI=1S/C21H25BrN2O4/c1-4-27-19-10-8-16(13-20(19)26-3)14-23-24-21(25)6-5-11-28-18-9-7-15(2)12-17(18)22/h7-10,12-14H,4-6,11H2,1-3H3,(H,24,25)/b23-14+. The van der Waals surface area contributed by atoms with E-state index in [1.165, 1.54) is 0 Å². The van der Waals surface area contributed by atoms with Gasteiger partial charge in [-0.25, -0.2) is 5.43 Å². The smallest absolute Gasteiger partial charge is 0.240 e. The molecule has 0 bridgehead atoms. The Morgan fingerprint density at radius 2 is 1.93 bits per heavy atom. The minimum atomic E-state index is -0.166. The summed E-state index contributed by atoms with van der Waals surface area (Å²) in [6.45, 7) is 4.94. The topological polar surface area (TPSA) is 69.2 Å². The summed E-state index contributed by atoms with van der Waals surface area (Å²) in [5.74, 6) is 1.90. The predicted molar refractivity (Wildman–Crippen MR) is 114 cm³/mol. The van der Waals surface area contributed by atoms with Crippen LogP contribution in [0.15, 0.2) is 46.0 Å². The number of aryl methyl sites for hydroxylation is 1. The Balaban J connectivity index is 1.74. The van der Waals surface area contributed by atoms with Crippen LogP contribution in [0.5, 0.6) is 17.2 Å². The molecular formula is C21H25BrN2O4. The van der Waals surface area contributed by atoms with E-state index in [2.05, 4.69) is 26.5 Å². The Labute approximate surface area is 174 Å². The van der Waals surface area contributed by atoms with Crippen LogP contribution in [-0.2, 0) is 4.79 Å². The minimum absolute atomic E-state index is 0.166. The van der Waals surface area contributed by atoms with Gasteiger partial charge in [-0.1, -0.05) is 6.07 Å². The van der Waals surface area contributed by atoms with E-state index >= 15 is 0 Å². The molecule has 0 unspecified atom stereocenters. The van der Waals surface area contributed by atoms with Crippen molar-refractivity contribution in [2.75, 3.05) is 20.3 Å². The zero-order valence-corrected chi connectivity index (χ0v) is 17.9. The van der Waals surface area contributed by atoms with E-state index in [1.807, 2.05) is 44.2 Å². The maximum Gasteiger partial charge on any atom is 0.240 e. The van der Waals surface area contributed by atoms with Gasteiger partial charge in [0.15, 0.2) is 11.5 Å². The molecule has 6 nitrogen and oxygen atoms in total. The molecule has 0 radical (unpaired) electrons. The monoisotopic (exact) mass is 448 g/mol. The molecule has 7 heteroatoms. The van der Waals surface area contributed by atoms with Gasteiger partial charge in [-0.3, -0.25) is 4.79 Å². The maximum atomic E-state index is 11.9. The van der Waals surface area contributed by atoms with Crippen molar-refractivity contribution in [2.24, 2.45) is 5.10 Å². The Morgan fingerprint density at radius 1 is 1.14 bits per heavy atom. The lowest BCUT2D eigenvalue weighted by molar-refractivity contribution is -0.121. The van der Waals surface area contributed by atoms with E-state index in [0.717, 1.165) is 21.3 Å². The summed E-state index contributed by atoms with van der Waals surface area (Å²) in [5, 5.41) is 3.98. The maximum absolute atomic E-state index is 11.9. The molecule has 0 saturated heterocycles. The van der Waals surface area contributed by atoms with Gasteiger partial charge in [0.2, 0.25) is 5.91 Å². The van der Waals surface area contributed by atoms with Gasteiger partial charge in [0.1, 0.15) is 5.75 Å². The highest BCUT2D eigenvalue weighted by Gasteiger charge is 2.05. The van der Waals surface area contributed by atoms with E-state index in [4.69, 9.17) is 14.2 Å². The lowest BCUT2D eigenvalue weighted by atomic mass is 10.2. The number of ether oxygens (including phenoxy) is 3. The van der Waals surface area contributed by atoms with Gasteiger partial charge < -0.3 is 14.2 Å². The number of carbonyl (C=O) groups is 1. The highest BCUT2D eigenvalue weighted by atomic mass is 79.9. The normalized spacial score (nSPS) is 10.7. The molecule has 0 aliphatic carbocycles. The summed E-state index contributed by atoms with van der Waals surface area (Å²) < 4.78 is 17.4. The predicted octanol–water partition coefficient (Wildman–Crippen LogP) is 4.47. The third-order valence-corrected chi connectivity index (χ3v) is 4.40. The van der Waals surface area contributed by atoms with Gasteiger partial charge in [0.25, 0.3) is 0 Å². The van der Waals surface area contributed by atoms with Crippen molar-refractivity contribution < 1.29 is 19.0 Å². The molecule has 2 aromatic rings. The average molecular weight is 449 g/mol. The summed E-state index contributed by atoms with van der Waals surface area (Å²) in [6.07, 6.45) is 2.49. The molecule has 0 aliphatic heterocycles. The molecular weight excluding hydrogens is 424 g/mol. The van der Waals surface area contributed by atoms with E-state index in [9.17, 15) is 4.79 Å². The number of hydrazone groups is 1. The number of benzene rings is 2. The molecule has 1 amide bonds. The quantitative estimate of drug-likeness (QED) is 0.330. The zero-order chi connectivity index (χ0) is 20.4. The number of hydrogen-bond acceptors (Lipinski definition) is 5. The zero-order valence-electron chi connectivity index (χ0n) is 16.3. The highest BCUT2D eigenvalue weighted by molar-refractivity contribution is 9.10. The van der Waals surface area contributed by atoms with Crippen molar-refractivity contribution in [3.8, 4) is 17.2 Å². The Morgan fingerprint density at radius 3 is 2.64 bits per heavy atom. The lowest BCUT2D eigenvalue weighted by Gasteiger charge is -2.09. The first-order chi connectivity index (χ1) is 13.5. The van der Waals surface area contributed by atoms with Gasteiger partial charge in [0, 0.05) is 6.42 Å². The van der Waals surface area contributed by atoms with Crippen LogP contribution >= 0.6 is 15.9 Å². The van der Waals surface area contributed by atoms with Gasteiger partial charge >= 0.3 is 0 Å². The molecule has 0 aromatic heterocycles. The molecule has 0 heterocycles. The number of carbonyl (C=O) groups excluding carboxylic acids is 1. The number of nitrogens with zero attached hydrogens (tertiary/aromatic N) is 1. The first-order valence-corrected chi connectivity index (χ1v) is 9.84. The second kappa shape index (κ2) is 11.3. The number of halogens is 1. The fourth-order valence-corrected chi connectivity index (χ4v) is 3.02. The summed E-state index contributed by atoms with van der Waals surface area (Å²) in [7, 11) is 1.58. The van der Waals surface area contributed by atoms with Crippen LogP contribution in [0.25, 0.3) is 0 Å². The van der Waals surface area contributed by atoms with Crippen LogP contribution in [0.4, 0.5) is 0 Å². The molecule has 0 atom stereocenters. The van der Waals surface area contributed by atoms with Crippen molar-refractivity contribution in [2.45, 2.75) is 26.7 Å². The first-order valence-electron chi connectivity index (χ1n) is 9.05. The third kappa shape index (κ3) is 6.88. The van der Waals surface area contributed by atoms with E-state index in [0.29, 0.717) is 37.6 Å². The van der Waals surface area contributed by atoms with Gasteiger partial charge in [0.05, 0.1) is 31.0 Å². The van der Waals surface area contributed by atoms with Gasteiger partial charge in [-0.2, -0.15) is 5.10 Å². The van der Waals surface area contributed by atoms with Crippen LogP contribution in [0.2, 0.25) is 0 Å². The van der Waals surface area contributed by atoms with Gasteiger partial charge in [-0.05, 0) is 77.7 Å². The highest BCUT2D eigenvalue weighted by Crippen LogP contribution is 2.27. The summed E-state index contributed by atoms with van der Waals surface area (Å²) in [5.41, 5.74) is 4.47. The molecule has 2 aromatic carbocycles. The van der Waals surface area contributed by atoms with Crippen molar-refractivity contribution in [3.05, 3.63) is 52.0 Å². The van der Waals surface area contributed by atoms with Crippen molar-refractivity contribution in [1.82, 2.24) is 5.43 Å². The molecule has 0 spiro atoms. The molecule has 0 saturated carbocycles. The van der Waals surface area contributed by atoms with Crippen LogP contribution < -0.4 is 19.6 Å². The second-order valence-electron chi connectivity index (χ2n) is 6.02. The van der Waals surface area contributed by atoms with Crippen molar-refractivity contribution in [1.29, 1.82) is 0 Å². The number of nitrogens with one attached hydrogen (secondary N) is 1. The van der Waals surface area contributed by atoms with Crippen LogP contribution in [0.3, 0.4) is 0 Å². The number of methoxy groups -OCH3 is 1. The largest absolute Gasteiger partial charge is 0.493 e. The Hall–Kier alpha value is -2.54. The fourth-order valence-electron chi connectivity index (χ4n) is 2.41. The van der Waals surface area contributed by atoms with Crippen LogP contribution in [-0.4, -0.2) is 32.4 Å². The summed E-state index contributed by atoms with van der Waals surface area (Å²) in [4.78, 5) is 11.9. The summed E-state index contributed by atoms with van der Waals surface area (Å²) in [6, 6.07) is 11.3. The molecule has 28 heavy (non-hydrogen) atoms. The van der Waals surface area contributed by atoms with Gasteiger partial charge in [-0.15, -0.1) is 0 Å². The van der Waals surface area contributed by atoms with Crippen LogP contribution in [0, 0.1) is 6.92 Å². The molecule has 2 rings (SSSR count). The van der Waals surface area contributed by atoms with E-state index in [-0.39, 0.29) is 5.91 Å². The van der Waals surface area contributed by atoms with Crippen molar-refractivity contribution >= 4 is 28.1 Å². The van der Waals surface area contributed by atoms with Crippen molar-refractivity contribution in [3.63, 3.8) is 0 Å². The number of hydrogen-bond donors (Lipinski definition) is 1. The molecule has 0 fully saturated rings. The molecule has 0 aliphatic rings. The third-order valence-electron chi connectivity index (χ3n) is 3.78. The molecule has 150 valence electrons. The number of amides is 1. The second-order valence-corrected chi connectivity index (χ2v) is 6.88. The fraction of sp³-hybridized carbons (Fsp3) is 0.333. The van der Waals surface area contributed by atoms with E-state index in [1.54, 1.807) is 19.4 Å². The average Bonchev–Trinajstić information content (AvgIpc) is 2.67. The minimum Gasteiger partial charge on any atom is -0.493 e. The number of rotatable bonds is 10. The SMILES string of the molecule is CCOc1ccc(/C=N/NC(=O)CCCOc2ccc(C)cc2Br)cc1OC. The van der Waals surface area contributed by atoms with E-state index < -0.39 is 0 Å². The first kappa shape index (κ1) is 21.8. The Kier molecular flexibility index (Phi) is 8.81. The summed E-state index contributed by atoms with van der Waals surface area (Å²) >= 11 is 3.47. The molecule has 1 N–H and O–H groups in total. The lowest BCUT2D eigenvalue weighted by Crippen LogP contribution is -2.18. The van der Waals surface area contributed by atoms with Crippen LogP contribution in [0.1, 0.15) is 30.9 Å².